The Morgan fingerprint density at radius 3 is 2.52 bits per heavy atom. The number of nitrogens with one attached hydrogen (secondary N) is 1. The number of benzene rings is 2. The van der Waals surface area contributed by atoms with Crippen LogP contribution in [-0.4, -0.2) is 62.7 Å². The van der Waals surface area contributed by atoms with Gasteiger partial charge in [-0.1, -0.05) is 29.8 Å². The fourth-order valence-corrected chi connectivity index (χ4v) is 3.94. The summed E-state index contributed by atoms with van der Waals surface area (Å²) < 4.78 is 11.2. The van der Waals surface area contributed by atoms with Gasteiger partial charge in [0.25, 0.3) is 0 Å². The van der Waals surface area contributed by atoms with E-state index < -0.39 is 0 Å². The average Bonchev–Trinajstić information content (AvgIpc) is 3.31. The van der Waals surface area contributed by atoms with Crippen molar-refractivity contribution in [3.63, 3.8) is 0 Å². The van der Waals surface area contributed by atoms with Crippen LogP contribution in [0.2, 0.25) is 0 Å². The van der Waals surface area contributed by atoms with Crippen molar-refractivity contribution < 1.29 is 9.15 Å². The van der Waals surface area contributed by atoms with Gasteiger partial charge in [0.2, 0.25) is 5.89 Å². The zero-order chi connectivity index (χ0) is 22.3. The van der Waals surface area contributed by atoms with E-state index in [9.17, 15) is 0 Å². The van der Waals surface area contributed by atoms with Gasteiger partial charge in [0.15, 0.2) is 5.96 Å². The van der Waals surface area contributed by atoms with E-state index in [2.05, 4.69) is 56.3 Å². The molecule has 0 atom stereocenters. The largest absolute Gasteiger partial charge is 0.495 e. The summed E-state index contributed by atoms with van der Waals surface area (Å²) in [6.07, 6.45) is 2.52. The second-order valence-corrected chi connectivity index (χ2v) is 7.88. The van der Waals surface area contributed by atoms with Crippen molar-refractivity contribution in [3.8, 4) is 17.2 Å². The molecule has 2 aromatic carbocycles. The summed E-state index contributed by atoms with van der Waals surface area (Å²) in [7, 11) is 3.56. The van der Waals surface area contributed by atoms with Gasteiger partial charge in [-0.15, -0.1) is 24.0 Å². The SMILES string of the molecule is CN=C(NCCc1coc(-c2ccc(C)cc2)n1)N1CCN(c2ccccc2OC)CC1.I. The lowest BCUT2D eigenvalue weighted by Crippen LogP contribution is -2.52. The van der Waals surface area contributed by atoms with Crippen molar-refractivity contribution in [2.24, 2.45) is 4.99 Å². The molecule has 176 valence electrons. The highest BCUT2D eigenvalue weighted by atomic mass is 127. The Balaban J connectivity index is 0.00000306. The molecule has 33 heavy (non-hydrogen) atoms. The number of hydrogen-bond donors (Lipinski definition) is 1. The van der Waals surface area contributed by atoms with Gasteiger partial charge in [-0.3, -0.25) is 4.99 Å². The second kappa shape index (κ2) is 11.9. The van der Waals surface area contributed by atoms with Crippen LogP contribution in [0.3, 0.4) is 0 Å². The Bertz CT molecular complexity index is 1040. The van der Waals surface area contributed by atoms with Gasteiger partial charge in [0, 0.05) is 51.8 Å². The molecule has 3 aromatic rings. The summed E-state index contributed by atoms with van der Waals surface area (Å²) in [5.74, 6) is 2.50. The quantitative estimate of drug-likeness (QED) is 0.276. The molecule has 0 aliphatic carbocycles. The van der Waals surface area contributed by atoms with Crippen molar-refractivity contribution in [3.05, 3.63) is 66.1 Å². The van der Waals surface area contributed by atoms with E-state index in [1.54, 1.807) is 13.4 Å². The number of anilines is 1. The number of rotatable bonds is 6. The zero-order valence-corrected chi connectivity index (χ0v) is 21.8. The third-order valence-corrected chi connectivity index (χ3v) is 5.73. The second-order valence-electron chi connectivity index (χ2n) is 7.88. The van der Waals surface area contributed by atoms with Crippen molar-refractivity contribution in [2.45, 2.75) is 13.3 Å². The molecular weight excluding hydrogens is 529 g/mol. The van der Waals surface area contributed by atoms with Crippen molar-refractivity contribution >= 4 is 35.6 Å². The highest BCUT2D eigenvalue weighted by Crippen LogP contribution is 2.28. The van der Waals surface area contributed by atoms with Crippen LogP contribution in [0.1, 0.15) is 11.3 Å². The summed E-state index contributed by atoms with van der Waals surface area (Å²) in [6.45, 7) is 6.47. The fraction of sp³-hybridized carbons (Fsp3) is 0.360. The Morgan fingerprint density at radius 1 is 1.09 bits per heavy atom. The van der Waals surface area contributed by atoms with Crippen LogP contribution in [0.4, 0.5) is 5.69 Å². The van der Waals surface area contributed by atoms with Crippen molar-refractivity contribution in [1.29, 1.82) is 0 Å². The first-order valence-electron chi connectivity index (χ1n) is 11.0. The smallest absolute Gasteiger partial charge is 0.226 e. The number of aromatic nitrogens is 1. The lowest BCUT2D eigenvalue weighted by atomic mass is 10.1. The zero-order valence-electron chi connectivity index (χ0n) is 19.5. The third-order valence-electron chi connectivity index (χ3n) is 5.73. The predicted octanol–water partition coefficient (Wildman–Crippen LogP) is 4.22. The summed E-state index contributed by atoms with van der Waals surface area (Å²) >= 11 is 0. The molecule has 0 bridgehead atoms. The molecule has 1 fully saturated rings. The van der Waals surface area contributed by atoms with Crippen LogP contribution in [0.25, 0.3) is 11.5 Å². The lowest BCUT2D eigenvalue weighted by molar-refractivity contribution is 0.367. The Hall–Kier alpha value is -2.75. The van der Waals surface area contributed by atoms with E-state index in [1.807, 2.05) is 31.3 Å². The first-order valence-corrected chi connectivity index (χ1v) is 11.0. The van der Waals surface area contributed by atoms with E-state index in [-0.39, 0.29) is 24.0 Å². The molecule has 7 nitrogen and oxygen atoms in total. The minimum atomic E-state index is 0. The van der Waals surface area contributed by atoms with Gasteiger partial charge < -0.3 is 24.3 Å². The summed E-state index contributed by atoms with van der Waals surface area (Å²) in [4.78, 5) is 13.8. The number of oxazole rings is 1. The molecule has 2 heterocycles. The highest BCUT2D eigenvalue weighted by Gasteiger charge is 2.21. The van der Waals surface area contributed by atoms with E-state index in [4.69, 9.17) is 9.15 Å². The van der Waals surface area contributed by atoms with E-state index >= 15 is 0 Å². The maximum absolute atomic E-state index is 5.67. The summed E-state index contributed by atoms with van der Waals surface area (Å²) in [5.41, 5.74) is 4.30. The first-order chi connectivity index (χ1) is 15.7. The normalized spacial score (nSPS) is 14.1. The van der Waals surface area contributed by atoms with E-state index in [0.29, 0.717) is 5.89 Å². The standard InChI is InChI=1S/C25H31N5O2.HI/c1-19-8-10-20(11-9-19)24-28-21(18-32-24)12-13-27-25(26-2)30-16-14-29(15-17-30)22-6-4-5-7-23(22)31-3;/h4-11,18H,12-17H2,1-3H3,(H,26,27);1H. The minimum Gasteiger partial charge on any atom is -0.495 e. The van der Waals surface area contributed by atoms with Crippen LogP contribution in [0.5, 0.6) is 5.75 Å². The Labute approximate surface area is 212 Å². The van der Waals surface area contributed by atoms with Gasteiger partial charge in [0.1, 0.15) is 12.0 Å². The lowest BCUT2D eigenvalue weighted by Gasteiger charge is -2.38. The molecule has 4 rings (SSSR count). The molecule has 0 radical (unpaired) electrons. The molecule has 1 N–H and O–H groups in total. The van der Waals surface area contributed by atoms with Gasteiger partial charge in [-0.25, -0.2) is 4.98 Å². The summed E-state index contributed by atoms with van der Waals surface area (Å²) in [5, 5.41) is 3.47. The fourth-order valence-electron chi connectivity index (χ4n) is 3.94. The molecule has 0 spiro atoms. The molecule has 1 aromatic heterocycles. The van der Waals surface area contributed by atoms with E-state index in [0.717, 1.165) is 67.8 Å². The van der Waals surface area contributed by atoms with Gasteiger partial charge >= 0.3 is 0 Å². The molecule has 1 saturated heterocycles. The number of nitrogens with zero attached hydrogens (tertiary/aromatic N) is 4. The third kappa shape index (κ3) is 6.19. The number of halogens is 1. The van der Waals surface area contributed by atoms with Crippen LogP contribution >= 0.6 is 24.0 Å². The minimum absolute atomic E-state index is 0. The van der Waals surface area contributed by atoms with Crippen LogP contribution in [0, 0.1) is 6.92 Å². The Morgan fingerprint density at radius 2 is 1.82 bits per heavy atom. The van der Waals surface area contributed by atoms with Gasteiger partial charge in [0.05, 0.1) is 18.5 Å². The van der Waals surface area contributed by atoms with Crippen LogP contribution in [0.15, 0.2) is 64.2 Å². The maximum atomic E-state index is 5.67. The number of methoxy groups -OCH3 is 1. The number of para-hydroxylation sites is 2. The molecule has 0 amide bonds. The average molecular weight is 561 g/mol. The van der Waals surface area contributed by atoms with Crippen molar-refractivity contribution in [2.75, 3.05) is 51.8 Å². The molecule has 1 aliphatic rings. The number of piperazine rings is 1. The number of ether oxygens (including phenoxy) is 1. The van der Waals surface area contributed by atoms with Crippen molar-refractivity contribution in [1.82, 2.24) is 15.2 Å². The van der Waals surface area contributed by atoms with Gasteiger partial charge in [-0.05, 0) is 31.2 Å². The highest BCUT2D eigenvalue weighted by molar-refractivity contribution is 14.0. The van der Waals surface area contributed by atoms with Crippen LogP contribution in [-0.2, 0) is 6.42 Å². The molecule has 8 heteroatoms. The van der Waals surface area contributed by atoms with Gasteiger partial charge in [-0.2, -0.15) is 0 Å². The monoisotopic (exact) mass is 561 g/mol. The first kappa shape index (κ1) is 24.9. The van der Waals surface area contributed by atoms with E-state index in [1.165, 1.54) is 5.56 Å². The topological polar surface area (TPSA) is 66.1 Å². The number of aryl methyl sites for hydroxylation is 1. The Kier molecular flexibility index (Phi) is 8.99. The molecule has 0 saturated carbocycles. The molecule has 0 unspecified atom stereocenters. The molecule has 1 aliphatic heterocycles. The number of guanidine groups is 1. The molecular formula is C25H32IN5O2. The maximum Gasteiger partial charge on any atom is 0.226 e. The number of hydrogen-bond acceptors (Lipinski definition) is 5. The summed E-state index contributed by atoms with van der Waals surface area (Å²) in [6, 6.07) is 16.4. The van der Waals surface area contributed by atoms with Crippen LogP contribution < -0.4 is 15.0 Å². The predicted molar refractivity (Wildman–Crippen MR) is 144 cm³/mol. The number of aliphatic imine (C=N–C) groups is 1.